The maximum atomic E-state index is 0. The molecule has 0 saturated heterocycles. The number of hydrogen-bond donors (Lipinski definition) is 0. The molecule has 0 atom stereocenters. The standard InChI is InChI=1S/9H2O.V.Zr/h9*1H2;;/q;;;;;;;;;;+4/p-9. The summed E-state index contributed by atoms with van der Waals surface area (Å²) in [7, 11) is 0. The minimum atomic E-state index is 0. The summed E-state index contributed by atoms with van der Waals surface area (Å²) in [6.45, 7) is 0. The molecule has 0 fully saturated rings. The van der Waals surface area contributed by atoms with Gasteiger partial charge in [-0.2, -0.15) is 0 Å². The molecule has 0 aromatic rings. The Morgan fingerprint density at radius 1 is 0.273 bits per heavy atom. The number of hydrogen-bond acceptors (Lipinski definition) is 9. The molecule has 11 heteroatoms. The predicted molar refractivity (Wildman–Crippen MR) is 17.4 cm³/mol. The van der Waals surface area contributed by atoms with Crippen molar-refractivity contribution in [3.05, 3.63) is 0 Å². The van der Waals surface area contributed by atoms with E-state index in [1.165, 1.54) is 0 Å². The van der Waals surface area contributed by atoms with Crippen molar-refractivity contribution in [2.24, 2.45) is 0 Å². The van der Waals surface area contributed by atoms with Gasteiger partial charge in [0.05, 0.1) is 0 Å². The largest absolute Gasteiger partial charge is 4.00 e. The van der Waals surface area contributed by atoms with Crippen LogP contribution in [-0.4, -0.2) is 49.3 Å². The Kier molecular flexibility index (Phi) is 102000. The molecule has 11 heavy (non-hydrogen) atoms. The maximum absolute atomic E-state index is 0. The van der Waals surface area contributed by atoms with Crippen LogP contribution in [0, 0.1) is 0 Å². The fraction of sp³-hybridized carbons (Fsp3) is 0. The van der Waals surface area contributed by atoms with Crippen LogP contribution >= 0.6 is 0 Å². The van der Waals surface area contributed by atoms with Gasteiger partial charge in [-0.1, -0.05) is 0 Å². The minimum Gasteiger partial charge on any atom is -0.870 e. The van der Waals surface area contributed by atoms with E-state index in [1.807, 2.05) is 0 Å². The van der Waals surface area contributed by atoms with Crippen LogP contribution in [-0.2, 0) is 44.8 Å². The summed E-state index contributed by atoms with van der Waals surface area (Å²) >= 11 is 0. The van der Waals surface area contributed by atoms with Gasteiger partial charge in [0.2, 0.25) is 0 Å². The molecule has 0 aromatic carbocycles. The molecule has 77 valence electrons. The molecule has 9 N–H and O–H groups in total. The zero-order valence-corrected chi connectivity index (χ0v) is 8.83. The molecule has 0 rings (SSSR count). The summed E-state index contributed by atoms with van der Waals surface area (Å²) in [5.74, 6) is 0. The maximum Gasteiger partial charge on any atom is 4.00 e. The van der Waals surface area contributed by atoms with Crippen molar-refractivity contribution in [2.45, 2.75) is 0 Å². The van der Waals surface area contributed by atoms with Crippen LogP contribution in [0.25, 0.3) is 0 Å². The summed E-state index contributed by atoms with van der Waals surface area (Å²) < 4.78 is 0. The summed E-state index contributed by atoms with van der Waals surface area (Å²) in [5.41, 5.74) is 0. The molecule has 0 saturated carbocycles. The van der Waals surface area contributed by atoms with E-state index in [0.717, 1.165) is 0 Å². The third-order valence-corrected chi connectivity index (χ3v) is 0. The molecule has 9 nitrogen and oxygen atoms in total. The van der Waals surface area contributed by atoms with Crippen LogP contribution in [0.1, 0.15) is 0 Å². The average Bonchev–Trinajstić information content (AvgIpc) is 0. The van der Waals surface area contributed by atoms with E-state index < -0.39 is 0 Å². The van der Waals surface area contributed by atoms with Gasteiger partial charge in [-0.05, 0) is 0 Å². The molecule has 1 radical (unpaired) electrons. The van der Waals surface area contributed by atoms with Crippen molar-refractivity contribution in [3.63, 3.8) is 0 Å². The first kappa shape index (κ1) is 1220. The van der Waals surface area contributed by atoms with Gasteiger partial charge in [0.25, 0.3) is 0 Å². The van der Waals surface area contributed by atoms with Crippen molar-refractivity contribution >= 4 is 0 Å². The van der Waals surface area contributed by atoms with Crippen molar-refractivity contribution in [1.82, 2.24) is 0 Å². The Labute approximate surface area is 94.0 Å². The normalized spacial score (nSPS) is 0. The van der Waals surface area contributed by atoms with Crippen molar-refractivity contribution in [1.29, 1.82) is 0 Å². The van der Waals surface area contributed by atoms with Crippen LogP contribution < -0.4 is 0 Å². The second kappa shape index (κ2) is 925. The Hall–Kier alpha value is 1.11. The quantitative estimate of drug-likeness (QED) is 0.496. The van der Waals surface area contributed by atoms with E-state index in [1.54, 1.807) is 0 Å². The first-order chi connectivity index (χ1) is 0. The zero-order chi connectivity index (χ0) is 0. The van der Waals surface area contributed by atoms with Gasteiger partial charge in [0.15, 0.2) is 0 Å². The molecule has 0 heterocycles. The molecule has 0 amide bonds. The molecular weight excluding hydrogens is 286 g/mol. The molecule has 0 spiro atoms. The van der Waals surface area contributed by atoms with Crippen LogP contribution in [0.4, 0.5) is 0 Å². The minimum absolute atomic E-state index is 0. The number of rotatable bonds is 0. The van der Waals surface area contributed by atoms with E-state index in [-0.39, 0.29) is 94.0 Å². The second-order valence-corrected chi connectivity index (χ2v) is 0. The van der Waals surface area contributed by atoms with Gasteiger partial charge >= 0.3 is 26.2 Å². The van der Waals surface area contributed by atoms with Crippen LogP contribution in [0.5, 0.6) is 0 Å². The predicted octanol–water partition coefficient (Wildman–Crippen LogP) is -1.60. The van der Waals surface area contributed by atoms with E-state index in [4.69, 9.17) is 0 Å². The first-order valence-corrected chi connectivity index (χ1v) is 0. The molecule has 0 aliphatic rings. The van der Waals surface area contributed by atoms with Crippen molar-refractivity contribution in [2.75, 3.05) is 0 Å². The van der Waals surface area contributed by atoms with Crippen LogP contribution in [0.2, 0.25) is 0 Å². The van der Waals surface area contributed by atoms with Gasteiger partial charge < -0.3 is 49.3 Å². The zero-order valence-electron chi connectivity index (χ0n) is 4.97. The smallest absolute Gasteiger partial charge is 0.870 e. The first-order valence-electron chi connectivity index (χ1n) is 0. The molecular formula is H9O9VZr-5. The fourth-order valence-electron chi connectivity index (χ4n) is 0. The third kappa shape index (κ3) is 751. The molecule has 0 unspecified atom stereocenters. The van der Waals surface area contributed by atoms with Gasteiger partial charge in [-0.25, -0.2) is 0 Å². The Morgan fingerprint density at radius 3 is 0.273 bits per heavy atom. The second-order valence-electron chi connectivity index (χ2n) is 0. The van der Waals surface area contributed by atoms with Crippen LogP contribution in [0.3, 0.4) is 0 Å². The Balaban J connectivity index is 0. The third-order valence-electron chi connectivity index (χ3n) is 0. The average molecular weight is 295 g/mol. The van der Waals surface area contributed by atoms with E-state index in [0.29, 0.717) is 0 Å². The van der Waals surface area contributed by atoms with E-state index >= 15 is 0 Å². The monoisotopic (exact) mass is 294 g/mol. The summed E-state index contributed by atoms with van der Waals surface area (Å²) in [4.78, 5) is 0. The van der Waals surface area contributed by atoms with E-state index in [9.17, 15) is 0 Å². The van der Waals surface area contributed by atoms with Gasteiger partial charge in [0.1, 0.15) is 0 Å². The van der Waals surface area contributed by atoms with Crippen molar-refractivity contribution < 1.29 is 94.0 Å². The molecule has 0 aromatic heterocycles. The molecule has 0 aliphatic carbocycles. The van der Waals surface area contributed by atoms with E-state index in [2.05, 4.69) is 0 Å². The van der Waals surface area contributed by atoms with Crippen molar-refractivity contribution in [3.8, 4) is 0 Å². The molecule has 0 aliphatic heterocycles. The summed E-state index contributed by atoms with van der Waals surface area (Å²) in [6.07, 6.45) is 0. The fourth-order valence-corrected chi connectivity index (χ4v) is 0. The van der Waals surface area contributed by atoms with Gasteiger partial charge in [0, 0.05) is 18.6 Å². The SMILES string of the molecule is [OH-].[OH-].[OH-].[OH-].[OH-].[OH-].[OH-].[OH-].[OH-].[V].[Zr+4]. The van der Waals surface area contributed by atoms with Crippen LogP contribution in [0.15, 0.2) is 0 Å². The van der Waals surface area contributed by atoms with Gasteiger partial charge in [-0.3, -0.25) is 0 Å². The topological polar surface area (TPSA) is 270 Å². The Bertz CT molecular complexity index is 9.52. The van der Waals surface area contributed by atoms with Gasteiger partial charge in [-0.15, -0.1) is 0 Å². The Morgan fingerprint density at radius 2 is 0.273 bits per heavy atom. The summed E-state index contributed by atoms with van der Waals surface area (Å²) in [6, 6.07) is 0. The summed E-state index contributed by atoms with van der Waals surface area (Å²) in [5, 5.41) is 0. The molecule has 0 bridgehead atoms.